The summed E-state index contributed by atoms with van der Waals surface area (Å²) in [5, 5.41) is 35.7. The third kappa shape index (κ3) is 7.12. The van der Waals surface area contributed by atoms with E-state index in [1.54, 1.807) is 0 Å². The molecule has 19 heavy (non-hydrogen) atoms. The Hall–Kier alpha value is -1.14. The number of carboxylic acids is 2. The highest BCUT2D eigenvalue weighted by Crippen LogP contribution is 2.33. The van der Waals surface area contributed by atoms with Crippen molar-refractivity contribution in [2.45, 2.75) is 51.4 Å². The van der Waals surface area contributed by atoms with Gasteiger partial charge in [-0.05, 0) is 25.7 Å². The molecule has 0 heterocycles. The predicted molar refractivity (Wildman–Crippen MR) is 68.8 cm³/mol. The lowest BCUT2D eigenvalue weighted by atomic mass is 9.77. The first-order chi connectivity index (χ1) is 8.98. The molecule has 6 heteroatoms. The molecule has 0 fully saturated rings. The number of hydrogen-bond acceptors (Lipinski definition) is 4. The molecule has 0 saturated heterocycles. The van der Waals surface area contributed by atoms with Crippen molar-refractivity contribution in [3.63, 3.8) is 0 Å². The van der Waals surface area contributed by atoms with Crippen molar-refractivity contribution in [1.29, 1.82) is 0 Å². The van der Waals surface area contributed by atoms with E-state index >= 15 is 0 Å². The third-order valence-corrected chi connectivity index (χ3v) is 3.43. The summed E-state index contributed by atoms with van der Waals surface area (Å²) >= 11 is 0. The molecule has 0 aromatic carbocycles. The standard InChI is InChI=1S/C13H24O6/c14-9-7-13(8-10-15,12(18)19)6-4-2-1-3-5-11(16)17/h14-15H,1-10H2,(H,16,17)(H,18,19). The van der Waals surface area contributed by atoms with Gasteiger partial charge in [0.25, 0.3) is 0 Å². The monoisotopic (exact) mass is 276 g/mol. The minimum absolute atomic E-state index is 0.136. The first-order valence-electron chi connectivity index (χ1n) is 6.65. The van der Waals surface area contributed by atoms with Gasteiger partial charge in [0, 0.05) is 19.6 Å². The largest absolute Gasteiger partial charge is 0.481 e. The number of unbranched alkanes of at least 4 members (excludes halogenated alkanes) is 3. The van der Waals surface area contributed by atoms with E-state index in [0.717, 1.165) is 12.8 Å². The molecule has 0 bridgehead atoms. The fraction of sp³-hybridized carbons (Fsp3) is 0.846. The zero-order valence-electron chi connectivity index (χ0n) is 11.2. The van der Waals surface area contributed by atoms with Gasteiger partial charge in [-0.25, -0.2) is 0 Å². The number of aliphatic hydroxyl groups excluding tert-OH is 2. The predicted octanol–water partition coefficient (Wildman–Crippen LogP) is 1.25. The molecular formula is C13H24O6. The smallest absolute Gasteiger partial charge is 0.309 e. The number of aliphatic hydroxyl groups is 2. The van der Waals surface area contributed by atoms with Crippen molar-refractivity contribution in [3.05, 3.63) is 0 Å². The van der Waals surface area contributed by atoms with Crippen LogP contribution in [0.25, 0.3) is 0 Å². The van der Waals surface area contributed by atoms with Gasteiger partial charge >= 0.3 is 11.9 Å². The zero-order chi connectivity index (χ0) is 14.7. The number of carboxylic acid groups (broad SMARTS) is 2. The Labute approximate surface area is 113 Å². The maximum absolute atomic E-state index is 11.3. The Morgan fingerprint density at radius 1 is 0.789 bits per heavy atom. The molecular weight excluding hydrogens is 252 g/mol. The topological polar surface area (TPSA) is 115 Å². The van der Waals surface area contributed by atoms with Gasteiger partial charge in [-0.15, -0.1) is 0 Å². The summed E-state index contributed by atoms with van der Waals surface area (Å²) in [5.41, 5.74) is -1.06. The van der Waals surface area contributed by atoms with Crippen LogP contribution in [0.4, 0.5) is 0 Å². The van der Waals surface area contributed by atoms with Gasteiger partial charge in [0.05, 0.1) is 5.41 Å². The molecule has 0 radical (unpaired) electrons. The summed E-state index contributed by atoms with van der Waals surface area (Å²) in [7, 11) is 0. The van der Waals surface area contributed by atoms with Crippen LogP contribution >= 0.6 is 0 Å². The van der Waals surface area contributed by atoms with E-state index in [4.69, 9.17) is 15.3 Å². The highest BCUT2D eigenvalue weighted by atomic mass is 16.4. The summed E-state index contributed by atoms with van der Waals surface area (Å²) in [4.78, 5) is 21.6. The molecule has 0 saturated carbocycles. The fourth-order valence-electron chi connectivity index (χ4n) is 2.22. The number of carbonyl (C=O) groups is 2. The van der Waals surface area contributed by atoms with Gasteiger partial charge in [0.2, 0.25) is 0 Å². The highest BCUT2D eigenvalue weighted by Gasteiger charge is 2.36. The number of rotatable bonds is 12. The van der Waals surface area contributed by atoms with Crippen LogP contribution in [0.2, 0.25) is 0 Å². The molecule has 0 aliphatic carbocycles. The van der Waals surface area contributed by atoms with Crippen LogP contribution in [-0.4, -0.2) is 45.6 Å². The Balaban J connectivity index is 4.11. The summed E-state index contributed by atoms with van der Waals surface area (Å²) in [6, 6.07) is 0. The Kier molecular flexibility index (Phi) is 9.16. The Morgan fingerprint density at radius 3 is 1.74 bits per heavy atom. The van der Waals surface area contributed by atoms with E-state index in [9.17, 15) is 14.7 Å². The minimum Gasteiger partial charge on any atom is -0.481 e. The average molecular weight is 276 g/mol. The first kappa shape index (κ1) is 17.9. The van der Waals surface area contributed by atoms with Gasteiger partial charge < -0.3 is 20.4 Å². The van der Waals surface area contributed by atoms with E-state index in [1.165, 1.54) is 0 Å². The van der Waals surface area contributed by atoms with Crippen molar-refractivity contribution < 1.29 is 30.0 Å². The lowest BCUT2D eigenvalue weighted by Gasteiger charge is -2.28. The van der Waals surface area contributed by atoms with Gasteiger partial charge in [-0.3, -0.25) is 9.59 Å². The van der Waals surface area contributed by atoms with Crippen LogP contribution < -0.4 is 0 Å². The van der Waals surface area contributed by atoms with E-state index in [0.29, 0.717) is 19.3 Å². The molecule has 0 amide bonds. The van der Waals surface area contributed by atoms with Gasteiger partial charge in [0.1, 0.15) is 0 Å². The molecule has 0 aliphatic rings. The number of aliphatic carboxylic acids is 2. The molecule has 6 nitrogen and oxygen atoms in total. The fourth-order valence-corrected chi connectivity index (χ4v) is 2.22. The number of hydrogen-bond donors (Lipinski definition) is 4. The van der Waals surface area contributed by atoms with Crippen molar-refractivity contribution >= 4 is 11.9 Å². The molecule has 0 aliphatic heterocycles. The molecule has 0 unspecified atom stereocenters. The van der Waals surface area contributed by atoms with Crippen molar-refractivity contribution in [2.24, 2.45) is 5.41 Å². The van der Waals surface area contributed by atoms with Crippen LogP contribution in [0.5, 0.6) is 0 Å². The van der Waals surface area contributed by atoms with Crippen LogP contribution in [0, 0.1) is 5.41 Å². The highest BCUT2D eigenvalue weighted by molar-refractivity contribution is 5.74. The lowest BCUT2D eigenvalue weighted by molar-refractivity contribution is -0.151. The maximum atomic E-state index is 11.3. The molecule has 0 aromatic heterocycles. The second-order valence-corrected chi connectivity index (χ2v) is 4.84. The molecule has 0 rings (SSSR count). The maximum Gasteiger partial charge on any atom is 0.309 e. The quantitative estimate of drug-likeness (QED) is 0.399. The summed E-state index contributed by atoms with van der Waals surface area (Å²) in [5.74, 6) is -1.80. The van der Waals surface area contributed by atoms with Crippen molar-refractivity contribution in [3.8, 4) is 0 Å². The van der Waals surface area contributed by atoms with Crippen LogP contribution in [0.1, 0.15) is 51.4 Å². The van der Waals surface area contributed by atoms with Gasteiger partial charge in [-0.1, -0.05) is 19.3 Å². The van der Waals surface area contributed by atoms with Crippen LogP contribution in [-0.2, 0) is 9.59 Å². The van der Waals surface area contributed by atoms with Crippen molar-refractivity contribution in [1.82, 2.24) is 0 Å². The molecule has 4 N–H and O–H groups in total. The summed E-state index contributed by atoms with van der Waals surface area (Å²) in [6.07, 6.45) is 3.57. The minimum atomic E-state index is -1.06. The van der Waals surface area contributed by atoms with Crippen LogP contribution in [0.15, 0.2) is 0 Å². The van der Waals surface area contributed by atoms with E-state index in [-0.39, 0.29) is 32.5 Å². The van der Waals surface area contributed by atoms with Gasteiger partial charge in [-0.2, -0.15) is 0 Å². The van der Waals surface area contributed by atoms with Gasteiger partial charge in [0.15, 0.2) is 0 Å². The molecule has 0 aromatic rings. The van der Waals surface area contributed by atoms with E-state index in [2.05, 4.69) is 0 Å². The molecule has 0 spiro atoms. The molecule has 112 valence electrons. The van der Waals surface area contributed by atoms with E-state index in [1.807, 2.05) is 0 Å². The SMILES string of the molecule is O=C(O)CCCCCCC(CCO)(CCO)C(=O)O. The van der Waals surface area contributed by atoms with Crippen molar-refractivity contribution in [2.75, 3.05) is 13.2 Å². The van der Waals surface area contributed by atoms with E-state index < -0.39 is 17.4 Å². The second kappa shape index (κ2) is 9.75. The normalized spacial score (nSPS) is 11.5. The first-order valence-corrected chi connectivity index (χ1v) is 6.65. The average Bonchev–Trinajstić information content (AvgIpc) is 2.33. The zero-order valence-corrected chi connectivity index (χ0v) is 11.2. The Bertz CT molecular complexity index is 270. The summed E-state index contributed by atoms with van der Waals surface area (Å²) < 4.78 is 0. The lowest BCUT2D eigenvalue weighted by Crippen LogP contribution is -2.33. The van der Waals surface area contributed by atoms with Crippen LogP contribution in [0.3, 0.4) is 0 Å². The third-order valence-electron chi connectivity index (χ3n) is 3.43. The Morgan fingerprint density at radius 2 is 1.32 bits per heavy atom. The molecule has 0 atom stereocenters. The summed E-state index contributed by atoms with van der Waals surface area (Å²) in [6.45, 7) is -0.434. The second-order valence-electron chi connectivity index (χ2n) is 4.84.